The van der Waals surface area contributed by atoms with Gasteiger partial charge in [0, 0.05) is 17.2 Å². The van der Waals surface area contributed by atoms with E-state index in [0.717, 1.165) is 24.4 Å². The van der Waals surface area contributed by atoms with Crippen LogP contribution >= 0.6 is 0 Å². The molecule has 0 bridgehead atoms. The van der Waals surface area contributed by atoms with Crippen LogP contribution < -0.4 is 4.74 Å². The largest absolute Gasteiger partial charge is 0.493 e. The van der Waals surface area contributed by atoms with Crippen LogP contribution in [0.3, 0.4) is 0 Å². The molecule has 1 aromatic rings. The number of allylic oxidation sites excluding steroid dienone is 5. The average molecular weight is 455 g/mol. The van der Waals surface area contributed by atoms with Gasteiger partial charge in [-0.3, -0.25) is 0 Å². The number of hydrogen-bond acceptors (Lipinski definition) is 2. The lowest BCUT2D eigenvalue weighted by molar-refractivity contribution is -0.131. The van der Waals surface area contributed by atoms with E-state index in [0.29, 0.717) is 5.57 Å². The van der Waals surface area contributed by atoms with Crippen molar-refractivity contribution in [1.82, 2.24) is 0 Å². The number of carboxylic acid groups (broad SMARTS) is 1. The van der Waals surface area contributed by atoms with Crippen LogP contribution in [0.4, 0.5) is 0 Å². The monoisotopic (exact) mass is 454 g/mol. The van der Waals surface area contributed by atoms with Crippen molar-refractivity contribution in [2.24, 2.45) is 0 Å². The lowest BCUT2D eigenvalue weighted by Crippen LogP contribution is -2.20. The molecule has 0 spiro atoms. The van der Waals surface area contributed by atoms with Gasteiger partial charge in [0.25, 0.3) is 0 Å². The summed E-state index contributed by atoms with van der Waals surface area (Å²) >= 11 is 0. The Hall–Kier alpha value is -2.29. The highest BCUT2D eigenvalue weighted by Crippen LogP contribution is 2.42. The van der Waals surface area contributed by atoms with Crippen molar-refractivity contribution < 1.29 is 14.6 Å². The molecule has 184 valence electrons. The van der Waals surface area contributed by atoms with Crippen molar-refractivity contribution >= 4 is 11.5 Å². The van der Waals surface area contributed by atoms with Crippen LogP contribution in [0.1, 0.15) is 111 Å². The van der Waals surface area contributed by atoms with E-state index >= 15 is 0 Å². The maximum Gasteiger partial charge on any atom is 0.328 e. The fraction of sp³-hybridized carbons (Fsp3) is 0.567. The van der Waals surface area contributed by atoms with E-state index in [2.05, 4.69) is 67.5 Å². The van der Waals surface area contributed by atoms with Crippen molar-refractivity contribution in [3.8, 4) is 5.75 Å². The lowest BCUT2D eigenvalue weighted by atomic mass is 9.77. The molecule has 0 aliphatic rings. The molecular formula is C30H46O3. The molecule has 3 nitrogen and oxygen atoms in total. The first-order valence-electron chi connectivity index (χ1n) is 12.4. The van der Waals surface area contributed by atoms with E-state index in [1.165, 1.54) is 48.4 Å². The number of hydrogen-bond donors (Lipinski definition) is 1. The standard InChI is InChI=1S/C30H46O3/c1-10-11-12-13-14-18-33-28-25(29(4,5)6)20-24(21-26(28)30(7,8)9)23(3)17-15-16-22(2)19-27(31)32/h15-17,19-21H,10-14,18H2,1-9H3,(H,31,32)/b16-15+,22-19+,23-17+. The third-order valence-electron chi connectivity index (χ3n) is 5.71. The van der Waals surface area contributed by atoms with Crippen LogP contribution in [0, 0.1) is 0 Å². The topological polar surface area (TPSA) is 46.5 Å². The first-order valence-corrected chi connectivity index (χ1v) is 12.4. The molecule has 0 aliphatic heterocycles. The van der Waals surface area contributed by atoms with Gasteiger partial charge in [0.2, 0.25) is 0 Å². The van der Waals surface area contributed by atoms with E-state index in [1.54, 1.807) is 6.92 Å². The predicted octanol–water partition coefficient (Wildman–Crippen LogP) is 8.62. The van der Waals surface area contributed by atoms with Gasteiger partial charge in [-0.15, -0.1) is 0 Å². The van der Waals surface area contributed by atoms with Crippen molar-refractivity contribution in [2.45, 2.75) is 105 Å². The number of carbonyl (C=O) groups is 1. The van der Waals surface area contributed by atoms with Crippen molar-refractivity contribution in [1.29, 1.82) is 0 Å². The highest BCUT2D eigenvalue weighted by atomic mass is 16.5. The molecule has 0 amide bonds. The van der Waals surface area contributed by atoms with E-state index in [4.69, 9.17) is 9.84 Å². The summed E-state index contributed by atoms with van der Waals surface area (Å²) in [5.41, 5.74) is 5.38. The Morgan fingerprint density at radius 2 is 1.48 bits per heavy atom. The molecule has 1 aromatic carbocycles. The molecule has 0 fully saturated rings. The number of ether oxygens (including phenoxy) is 1. The molecule has 3 heteroatoms. The third-order valence-corrected chi connectivity index (χ3v) is 5.71. The number of carboxylic acids is 1. The van der Waals surface area contributed by atoms with E-state index < -0.39 is 5.97 Å². The SMILES string of the molecule is CCCCCCCOc1c(C(C)(C)C)cc(/C(C)=C/C=C/C(C)=C/C(=O)O)cc1C(C)(C)C. The zero-order chi connectivity index (χ0) is 25.2. The number of unbranched alkanes of at least 4 members (excludes halogenated alkanes) is 4. The van der Waals surface area contributed by atoms with Gasteiger partial charge in [0.15, 0.2) is 0 Å². The average Bonchev–Trinajstić information content (AvgIpc) is 2.68. The molecule has 0 radical (unpaired) electrons. The van der Waals surface area contributed by atoms with Gasteiger partial charge >= 0.3 is 5.97 Å². The molecule has 0 saturated carbocycles. The highest BCUT2D eigenvalue weighted by Gasteiger charge is 2.28. The van der Waals surface area contributed by atoms with Crippen molar-refractivity contribution in [3.63, 3.8) is 0 Å². The zero-order valence-electron chi connectivity index (χ0n) is 22.5. The number of aliphatic carboxylic acids is 1. The third kappa shape index (κ3) is 10.0. The first kappa shape index (κ1) is 28.7. The Labute approximate surface area is 202 Å². The molecule has 0 unspecified atom stereocenters. The second kappa shape index (κ2) is 12.8. The fourth-order valence-corrected chi connectivity index (χ4v) is 3.69. The quantitative estimate of drug-likeness (QED) is 0.207. The van der Waals surface area contributed by atoms with Gasteiger partial charge in [-0.1, -0.05) is 92.4 Å². The summed E-state index contributed by atoms with van der Waals surface area (Å²) in [4.78, 5) is 10.8. The molecule has 0 atom stereocenters. The second-order valence-corrected chi connectivity index (χ2v) is 11.1. The van der Waals surface area contributed by atoms with Gasteiger partial charge in [-0.25, -0.2) is 4.79 Å². The minimum Gasteiger partial charge on any atom is -0.493 e. The lowest BCUT2D eigenvalue weighted by Gasteiger charge is -2.31. The van der Waals surface area contributed by atoms with Crippen molar-refractivity contribution in [2.75, 3.05) is 6.61 Å². The molecule has 33 heavy (non-hydrogen) atoms. The van der Waals surface area contributed by atoms with Crippen LogP contribution in [0.25, 0.3) is 5.57 Å². The molecular weight excluding hydrogens is 408 g/mol. The van der Waals surface area contributed by atoms with Gasteiger partial charge < -0.3 is 9.84 Å². The summed E-state index contributed by atoms with van der Waals surface area (Å²) in [5.74, 6) is 0.112. The highest BCUT2D eigenvalue weighted by molar-refractivity contribution is 5.81. The molecule has 0 heterocycles. The van der Waals surface area contributed by atoms with Crippen LogP contribution in [0.5, 0.6) is 5.75 Å². The number of benzene rings is 1. The summed E-state index contributed by atoms with van der Waals surface area (Å²) in [7, 11) is 0. The molecule has 0 saturated heterocycles. The minimum atomic E-state index is -0.927. The minimum absolute atomic E-state index is 0.0511. The first-order chi connectivity index (χ1) is 15.3. The maximum absolute atomic E-state index is 10.8. The molecule has 1 N–H and O–H groups in total. The summed E-state index contributed by atoms with van der Waals surface area (Å²) in [5, 5.41) is 8.89. The molecule has 0 aliphatic carbocycles. The van der Waals surface area contributed by atoms with Crippen molar-refractivity contribution in [3.05, 3.63) is 58.7 Å². The van der Waals surface area contributed by atoms with Gasteiger partial charge in [0.1, 0.15) is 5.75 Å². The Kier molecular flexibility index (Phi) is 11.2. The maximum atomic E-state index is 10.8. The van der Waals surface area contributed by atoms with E-state index in [1.807, 2.05) is 18.2 Å². The summed E-state index contributed by atoms with van der Waals surface area (Å²) in [6.07, 6.45) is 13.1. The Bertz CT molecular complexity index is 836. The summed E-state index contributed by atoms with van der Waals surface area (Å²) in [6, 6.07) is 4.53. The van der Waals surface area contributed by atoms with Gasteiger partial charge in [-0.2, -0.15) is 0 Å². The second-order valence-electron chi connectivity index (χ2n) is 11.1. The van der Waals surface area contributed by atoms with E-state index in [-0.39, 0.29) is 10.8 Å². The van der Waals surface area contributed by atoms with Crippen LogP contribution in [0.2, 0.25) is 0 Å². The van der Waals surface area contributed by atoms with E-state index in [9.17, 15) is 4.79 Å². The van der Waals surface area contributed by atoms with Gasteiger partial charge in [-0.05, 0) is 59.9 Å². The predicted molar refractivity (Wildman–Crippen MR) is 142 cm³/mol. The number of rotatable bonds is 11. The van der Waals surface area contributed by atoms with Gasteiger partial charge in [0.05, 0.1) is 6.61 Å². The smallest absolute Gasteiger partial charge is 0.328 e. The Morgan fingerprint density at radius 3 is 1.97 bits per heavy atom. The Morgan fingerprint density at radius 1 is 0.939 bits per heavy atom. The normalized spacial score (nSPS) is 13.6. The van der Waals surface area contributed by atoms with Crippen LogP contribution in [-0.4, -0.2) is 17.7 Å². The van der Waals surface area contributed by atoms with Crippen LogP contribution in [0.15, 0.2) is 42.0 Å². The summed E-state index contributed by atoms with van der Waals surface area (Å²) < 4.78 is 6.49. The Balaban J connectivity index is 3.36. The summed E-state index contributed by atoms with van der Waals surface area (Å²) in [6.45, 7) is 20.3. The zero-order valence-corrected chi connectivity index (χ0v) is 22.5. The molecule has 0 aromatic heterocycles. The molecule has 1 rings (SSSR count). The van der Waals surface area contributed by atoms with Crippen LogP contribution in [-0.2, 0) is 15.6 Å². The fourth-order valence-electron chi connectivity index (χ4n) is 3.69.